The first-order chi connectivity index (χ1) is 11.6. The van der Waals surface area contributed by atoms with Crippen LogP contribution in [0.25, 0.3) is 11.3 Å². The van der Waals surface area contributed by atoms with Gasteiger partial charge in [-0.15, -0.1) is 11.3 Å². The number of aromatic nitrogens is 1. The number of carbonyl (C=O) groups is 2. The first-order valence-electron chi connectivity index (χ1n) is 7.79. The lowest BCUT2D eigenvalue weighted by molar-refractivity contribution is -0.115. The number of unbranched alkanes of at least 4 members (excludes halogenated alkanes) is 1. The Morgan fingerprint density at radius 3 is 2.67 bits per heavy atom. The van der Waals surface area contributed by atoms with Crippen molar-refractivity contribution in [2.45, 2.75) is 26.2 Å². The Hall–Kier alpha value is -2.41. The third kappa shape index (κ3) is 5.34. The molecule has 7 heteroatoms. The second kappa shape index (κ2) is 9.02. The maximum Gasteiger partial charge on any atom is 0.407 e. The normalized spacial score (nSPS) is 10.2. The second-order valence-electron chi connectivity index (χ2n) is 5.23. The summed E-state index contributed by atoms with van der Waals surface area (Å²) in [5, 5.41) is 7.36. The summed E-state index contributed by atoms with van der Waals surface area (Å²) in [6, 6.07) is 8.32. The number of aryl methyl sites for hydroxylation is 1. The monoisotopic (exact) mass is 347 g/mol. The molecular weight excluding hydrogens is 326 g/mol. The van der Waals surface area contributed by atoms with Crippen LogP contribution in [0.5, 0.6) is 0 Å². The number of rotatable bonds is 7. The topological polar surface area (TPSA) is 80.3 Å². The minimum Gasteiger partial charge on any atom is -0.453 e. The molecule has 1 heterocycles. The van der Waals surface area contributed by atoms with Gasteiger partial charge in [-0.25, -0.2) is 9.78 Å². The van der Waals surface area contributed by atoms with Crippen molar-refractivity contribution in [2.75, 3.05) is 19.0 Å². The minimum atomic E-state index is -0.645. The molecule has 0 bridgehead atoms. The van der Waals surface area contributed by atoms with Crippen molar-refractivity contribution < 1.29 is 14.3 Å². The van der Waals surface area contributed by atoms with Crippen LogP contribution < -0.4 is 10.6 Å². The molecule has 6 nitrogen and oxygen atoms in total. The number of methoxy groups -OCH3 is 1. The smallest absolute Gasteiger partial charge is 0.407 e. The summed E-state index contributed by atoms with van der Waals surface area (Å²) in [6.45, 7) is 2.02. The van der Waals surface area contributed by atoms with E-state index in [1.165, 1.54) is 36.9 Å². The van der Waals surface area contributed by atoms with Crippen LogP contribution in [-0.4, -0.2) is 30.6 Å². The summed E-state index contributed by atoms with van der Waals surface area (Å²) in [6.07, 6.45) is 2.81. The summed E-state index contributed by atoms with van der Waals surface area (Å²) in [5.41, 5.74) is 3.15. The summed E-state index contributed by atoms with van der Waals surface area (Å²) < 4.78 is 4.40. The van der Waals surface area contributed by atoms with Gasteiger partial charge in [0.15, 0.2) is 5.13 Å². The van der Waals surface area contributed by atoms with Gasteiger partial charge >= 0.3 is 6.09 Å². The Morgan fingerprint density at radius 1 is 1.25 bits per heavy atom. The van der Waals surface area contributed by atoms with Crippen molar-refractivity contribution >= 4 is 28.5 Å². The number of nitrogens with one attached hydrogen (secondary N) is 2. The number of ether oxygens (including phenoxy) is 1. The molecule has 0 radical (unpaired) electrons. The van der Waals surface area contributed by atoms with Gasteiger partial charge in [-0.3, -0.25) is 4.79 Å². The number of anilines is 1. The van der Waals surface area contributed by atoms with E-state index in [9.17, 15) is 9.59 Å². The van der Waals surface area contributed by atoms with E-state index in [0.717, 1.165) is 17.7 Å². The predicted molar refractivity (Wildman–Crippen MR) is 95.2 cm³/mol. The van der Waals surface area contributed by atoms with Crippen LogP contribution in [0.1, 0.15) is 25.3 Å². The van der Waals surface area contributed by atoms with Crippen molar-refractivity contribution in [3.8, 4) is 11.3 Å². The van der Waals surface area contributed by atoms with Gasteiger partial charge in [0.1, 0.15) is 6.54 Å². The zero-order valence-electron chi connectivity index (χ0n) is 13.8. The van der Waals surface area contributed by atoms with E-state index in [-0.39, 0.29) is 12.5 Å². The highest BCUT2D eigenvalue weighted by Gasteiger charge is 2.09. The fourth-order valence-electron chi connectivity index (χ4n) is 2.07. The van der Waals surface area contributed by atoms with Crippen LogP contribution in [-0.2, 0) is 16.0 Å². The largest absolute Gasteiger partial charge is 0.453 e. The number of nitrogens with zero attached hydrogens (tertiary/aromatic N) is 1. The molecule has 0 saturated carbocycles. The molecule has 24 heavy (non-hydrogen) atoms. The molecule has 0 atom stereocenters. The van der Waals surface area contributed by atoms with E-state index in [1.54, 1.807) is 0 Å². The number of thiazole rings is 1. The number of benzene rings is 1. The Labute approximate surface area is 145 Å². The maximum atomic E-state index is 11.7. The van der Waals surface area contributed by atoms with Crippen LogP contribution in [0, 0.1) is 0 Å². The van der Waals surface area contributed by atoms with Crippen LogP contribution in [0.2, 0.25) is 0 Å². The third-order valence-electron chi connectivity index (χ3n) is 3.40. The molecular formula is C17H21N3O3S. The molecule has 128 valence electrons. The van der Waals surface area contributed by atoms with E-state index in [1.807, 2.05) is 17.5 Å². The van der Waals surface area contributed by atoms with Crippen LogP contribution in [0.4, 0.5) is 9.93 Å². The number of carbonyl (C=O) groups excluding carboxylic acids is 2. The average Bonchev–Trinajstić information content (AvgIpc) is 3.06. The summed E-state index contributed by atoms with van der Waals surface area (Å²) >= 11 is 1.34. The molecule has 0 aliphatic rings. The molecule has 2 aromatic rings. The Kier molecular flexibility index (Phi) is 6.74. The molecule has 2 N–H and O–H groups in total. The SMILES string of the molecule is CCCCc1ccc(-c2csc(NC(=O)CNC(=O)OC)n2)cc1. The Morgan fingerprint density at radius 2 is 2.00 bits per heavy atom. The highest BCUT2D eigenvalue weighted by atomic mass is 32.1. The molecule has 1 aromatic carbocycles. The lowest BCUT2D eigenvalue weighted by Gasteiger charge is -2.03. The molecule has 1 aromatic heterocycles. The Balaban J connectivity index is 1.92. The van der Waals surface area contributed by atoms with Crippen LogP contribution in [0.15, 0.2) is 29.6 Å². The number of hydrogen-bond acceptors (Lipinski definition) is 5. The van der Waals surface area contributed by atoms with E-state index in [4.69, 9.17) is 0 Å². The van der Waals surface area contributed by atoms with Crippen molar-refractivity contribution in [2.24, 2.45) is 0 Å². The highest BCUT2D eigenvalue weighted by Crippen LogP contribution is 2.25. The summed E-state index contributed by atoms with van der Waals surface area (Å²) in [5.74, 6) is -0.351. The molecule has 0 spiro atoms. The fraction of sp³-hybridized carbons (Fsp3) is 0.353. The van der Waals surface area contributed by atoms with E-state index >= 15 is 0 Å². The van der Waals surface area contributed by atoms with Crippen molar-refractivity contribution in [1.29, 1.82) is 0 Å². The van der Waals surface area contributed by atoms with Gasteiger partial charge in [-0.1, -0.05) is 37.6 Å². The van der Waals surface area contributed by atoms with E-state index in [0.29, 0.717) is 5.13 Å². The second-order valence-corrected chi connectivity index (χ2v) is 6.09. The van der Waals surface area contributed by atoms with Crippen LogP contribution in [0.3, 0.4) is 0 Å². The van der Waals surface area contributed by atoms with Gasteiger partial charge in [0.25, 0.3) is 0 Å². The first-order valence-corrected chi connectivity index (χ1v) is 8.67. The van der Waals surface area contributed by atoms with Gasteiger partial charge in [-0.2, -0.15) is 0 Å². The maximum absolute atomic E-state index is 11.7. The quantitative estimate of drug-likeness (QED) is 0.804. The fourth-order valence-corrected chi connectivity index (χ4v) is 2.81. The lowest BCUT2D eigenvalue weighted by Crippen LogP contribution is -2.32. The van der Waals surface area contributed by atoms with E-state index < -0.39 is 6.09 Å². The standard InChI is InChI=1S/C17H21N3O3S/c1-3-4-5-12-6-8-13(9-7-12)14-11-24-16(19-14)20-15(21)10-18-17(22)23-2/h6-9,11H,3-5,10H2,1-2H3,(H,18,22)(H,19,20,21). The van der Waals surface area contributed by atoms with Crippen LogP contribution >= 0.6 is 11.3 Å². The molecule has 2 rings (SSSR count). The molecule has 0 unspecified atom stereocenters. The third-order valence-corrected chi connectivity index (χ3v) is 4.16. The lowest BCUT2D eigenvalue weighted by atomic mass is 10.1. The number of amides is 2. The van der Waals surface area contributed by atoms with Gasteiger partial charge in [0.2, 0.25) is 5.91 Å². The Bertz CT molecular complexity index is 683. The molecule has 0 fully saturated rings. The molecule has 0 aliphatic carbocycles. The van der Waals surface area contributed by atoms with Gasteiger partial charge in [-0.05, 0) is 18.4 Å². The van der Waals surface area contributed by atoms with Crippen molar-refractivity contribution in [3.05, 3.63) is 35.2 Å². The van der Waals surface area contributed by atoms with Gasteiger partial charge in [0.05, 0.1) is 12.8 Å². The molecule has 0 saturated heterocycles. The zero-order chi connectivity index (χ0) is 17.4. The number of alkyl carbamates (subject to hydrolysis) is 1. The summed E-state index contributed by atoms with van der Waals surface area (Å²) in [4.78, 5) is 27.0. The van der Waals surface area contributed by atoms with Gasteiger partial charge < -0.3 is 15.4 Å². The van der Waals surface area contributed by atoms with E-state index in [2.05, 4.69) is 39.4 Å². The summed E-state index contributed by atoms with van der Waals surface area (Å²) in [7, 11) is 1.24. The van der Waals surface area contributed by atoms with Crippen molar-refractivity contribution in [3.63, 3.8) is 0 Å². The van der Waals surface area contributed by atoms with Gasteiger partial charge in [0, 0.05) is 10.9 Å². The van der Waals surface area contributed by atoms with Crippen molar-refractivity contribution in [1.82, 2.24) is 10.3 Å². The zero-order valence-corrected chi connectivity index (χ0v) is 14.6. The molecule has 2 amide bonds. The minimum absolute atomic E-state index is 0.159. The molecule has 0 aliphatic heterocycles. The number of hydrogen-bond donors (Lipinski definition) is 2. The average molecular weight is 347 g/mol. The predicted octanol–water partition coefficient (Wildman–Crippen LogP) is 3.45. The first kappa shape index (κ1) is 17.9. The highest BCUT2D eigenvalue weighted by molar-refractivity contribution is 7.14.